The molecule has 2 fully saturated rings. The maximum atomic E-state index is 12.5. The zero-order chi connectivity index (χ0) is 13.3. The van der Waals surface area contributed by atoms with Gasteiger partial charge in [0.05, 0.1) is 30.2 Å². The minimum absolute atomic E-state index is 0.0383. The van der Waals surface area contributed by atoms with Crippen LogP contribution in [0.1, 0.15) is 25.7 Å². The molecule has 0 spiro atoms. The van der Waals surface area contributed by atoms with Gasteiger partial charge in [-0.1, -0.05) is 31.0 Å². The van der Waals surface area contributed by atoms with Gasteiger partial charge in [-0.3, -0.25) is 4.31 Å². The van der Waals surface area contributed by atoms with Gasteiger partial charge in [0.1, 0.15) is 0 Å². The number of ether oxygens (including phenoxy) is 1. The van der Waals surface area contributed by atoms with Gasteiger partial charge in [-0.05, 0) is 25.0 Å². The summed E-state index contributed by atoms with van der Waals surface area (Å²) in [5.41, 5.74) is 0.768. The summed E-state index contributed by atoms with van der Waals surface area (Å²) in [6.45, 7) is 0.312. The molecule has 0 amide bonds. The Bertz CT molecular complexity index is 529. The molecule has 1 aliphatic carbocycles. The summed E-state index contributed by atoms with van der Waals surface area (Å²) in [5.74, 6) is 0.0783. The molecule has 1 aromatic rings. The maximum absolute atomic E-state index is 12.5. The van der Waals surface area contributed by atoms with Gasteiger partial charge in [0, 0.05) is 0 Å². The highest BCUT2D eigenvalue weighted by molar-refractivity contribution is 7.92. The number of anilines is 1. The summed E-state index contributed by atoms with van der Waals surface area (Å²) in [5, 5.41) is 0. The van der Waals surface area contributed by atoms with Crippen LogP contribution < -0.4 is 4.31 Å². The number of para-hydroxylation sites is 1. The van der Waals surface area contributed by atoms with Crippen molar-refractivity contribution in [3.8, 4) is 0 Å². The molecule has 0 unspecified atom stereocenters. The Balaban J connectivity index is 2.03. The third-order valence-electron chi connectivity index (χ3n) is 3.95. The summed E-state index contributed by atoms with van der Waals surface area (Å²) in [4.78, 5) is 0. The molecular weight excluding hydrogens is 262 g/mol. The Labute approximate surface area is 114 Å². The molecular formula is C14H19NO3S. The van der Waals surface area contributed by atoms with Crippen LogP contribution in [0.2, 0.25) is 0 Å². The van der Waals surface area contributed by atoms with E-state index in [2.05, 4.69) is 0 Å². The van der Waals surface area contributed by atoms with Crippen molar-refractivity contribution in [3.63, 3.8) is 0 Å². The second kappa shape index (κ2) is 5.13. The highest BCUT2D eigenvalue weighted by Gasteiger charge is 2.39. The molecule has 1 saturated heterocycles. The number of hydrogen-bond acceptors (Lipinski definition) is 3. The van der Waals surface area contributed by atoms with Crippen molar-refractivity contribution < 1.29 is 13.2 Å². The minimum atomic E-state index is -3.28. The van der Waals surface area contributed by atoms with Crippen LogP contribution in [0.3, 0.4) is 0 Å². The van der Waals surface area contributed by atoms with Gasteiger partial charge in [0.25, 0.3) is 0 Å². The van der Waals surface area contributed by atoms with Crippen molar-refractivity contribution >= 4 is 15.7 Å². The molecule has 5 heteroatoms. The Kier molecular flexibility index (Phi) is 3.50. The fraction of sp³-hybridized carbons (Fsp3) is 0.571. The van der Waals surface area contributed by atoms with Gasteiger partial charge >= 0.3 is 0 Å². The molecule has 2 aliphatic rings. The predicted octanol–water partition coefficient (Wildman–Crippen LogP) is 2.16. The molecule has 3 rings (SSSR count). The lowest BCUT2D eigenvalue weighted by Gasteiger charge is -2.37. The average Bonchev–Trinajstić information content (AvgIpc) is 2.54. The van der Waals surface area contributed by atoms with Crippen LogP contribution in [0.5, 0.6) is 0 Å². The molecule has 1 heterocycles. The maximum Gasteiger partial charge on any atom is 0.237 e. The highest BCUT2D eigenvalue weighted by Crippen LogP contribution is 2.33. The fourth-order valence-electron chi connectivity index (χ4n) is 3.08. The SMILES string of the molecule is O=S1(=O)CCO[C@H]2CCCC[C@@H]2N1c1ccccc1. The highest BCUT2D eigenvalue weighted by atomic mass is 32.2. The lowest BCUT2D eigenvalue weighted by Crippen LogP contribution is -2.47. The van der Waals surface area contributed by atoms with Crippen LogP contribution in [0, 0.1) is 0 Å². The fourth-order valence-corrected chi connectivity index (χ4v) is 4.68. The number of fused-ring (bicyclic) bond motifs is 1. The molecule has 0 aromatic heterocycles. The summed E-state index contributed by atoms with van der Waals surface area (Å²) in [7, 11) is -3.28. The summed E-state index contributed by atoms with van der Waals surface area (Å²) < 4.78 is 32.4. The Morgan fingerprint density at radius 3 is 2.63 bits per heavy atom. The first-order chi connectivity index (χ1) is 9.18. The van der Waals surface area contributed by atoms with Gasteiger partial charge in [-0.25, -0.2) is 8.42 Å². The van der Waals surface area contributed by atoms with E-state index in [-0.39, 0.29) is 17.9 Å². The van der Waals surface area contributed by atoms with Gasteiger partial charge in [0.15, 0.2) is 0 Å². The standard InChI is InChI=1S/C14H19NO3S/c16-19(17)11-10-18-14-9-5-4-8-13(14)15(19)12-6-2-1-3-7-12/h1-3,6-7,13-14H,4-5,8-11H2/t13-,14-/m0/s1. The van der Waals surface area contributed by atoms with Crippen LogP contribution in [-0.4, -0.2) is 32.9 Å². The lowest BCUT2D eigenvalue weighted by molar-refractivity contribution is 0.0297. The van der Waals surface area contributed by atoms with Crippen molar-refractivity contribution in [2.24, 2.45) is 0 Å². The number of rotatable bonds is 1. The summed E-state index contributed by atoms with van der Waals surface area (Å²) >= 11 is 0. The number of hydrogen-bond donors (Lipinski definition) is 0. The molecule has 1 saturated carbocycles. The van der Waals surface area contributed by atoms with E-state index in [1.54, 1.807) is 4.31 Å². The van der Waals surface area contributed by atoms with Gasteiger partial charge < -0.3 is 4.74 Å². The van der Waals surface area contributed by atoms with Crippen molar-refractivity contribution in [1.82, 2.24) is 0 Å². The summed E-state index contributed by atoms with van der Waals surface area (Å²) in [6.07, 6.45) is 4.10. The quantitative estimate of drug-likeness (QED) is 0.792. The third kappa shape index (κ3) is 2.49. The van der Waals surface area contributed by atoms with E-state index in [0.29, 0.717) is 6.61 Å². The molecule has 0 N–H and O–H groups in total. The van der Waals surface area contributed by atoms with Crippen molar-refractivity contribution in [3.05, 3.63) is 30.3 Å². The Morgan fingerprint density at radius 1 is 1.11 bits per heavy atom. The molecule has 0 radical (unpaired) electrons. The monoisotopic (exact) mass is 281 g/mol. The van der Waals surface area contributed by atoms with E-state index < -0.39 is 10.0 Å². The third-order valence-corrected chi connectivity index (χ3v) is 5.72. The first kappa shape index (κ1) is 12.9. The molecule has 4 nitrogen and oxygen atoms in total. The molecule has 1 aliphatic heterocycles. The van der Waals surface area contributed by atoms with E-state index in [0.717, 1.165) is 31.4 Å². The first-order valence-corrected chi connectivity index (χ1v) is 8.48. The van der Waals surface area contributed by atoms with E-state index in [4.69, 9.17) is 4.74 Å². The van der Waals surface area contributed by atoms with Crippen LogP contribution >= 0.6 is 0 Å². The van der Waals surface area contributed by atoms with Crippen molar-refractivity contribution in [2.75, 3.05) is 16.7 Å². The van der Waals surface area contributed by atoms with Crippen molar-refractivity contribution in [1.29, 1.82) is 0 Å². The van der Waals surface area contributed by atoms with E-state index in [9.17, 15) is 8.42 Å². The Morgan fingerprint density at radius 2 is 1.84 bits per heavy atom. The van der Waals surface area contributed by atoms with Crippen molar-refractivity contribution in [2.45, 2.75) is 37.8 Å². The average molecular weight is 281 g/mol. The van der Waals surface area contributed by atoms with Gasteiger partial charge in [-0.15, -0.1) is 0 Å². The molecule has 19 heavy (non-hydrogen) atoms. The second-order valence-electron chi connectivity index (χ2n) is 5.21. The normalized spacial score (nSPS) is 30.4. The number of nitrogens with zero attached hydrogens (tertiary/aromatic N) is 1. The second-order valence-corrected chi connectivity index (χ2v) is 7.17. The molecule has 104 valence electrons. The van der Waals surface area contributed by atoms with Gasteiger partial charge in [-0.2, -0.15) is 0 Å². The number of benzene rings is 1. The lowest BCUT2D eigenvalue weighted by atomic mass is 9.92. The van der Waals surface area contributed by atoms with E-state index in [1.165, 1.54) is 0 Å². The van der Waals surface area contributed by atoms with E-state index >= 15 is 0 Å². The van der Waals surface area contributed by atoms with Crippen LogP contribution in [0.15, 0.2) is 30.3 Å². The number of sulfonamides is 1. The summed E-state index contributed by atoms with van der Waals surface area (Å²) in [6, 6.07) is 9.37. The smallest absolute Gasteiger partial charge is 0.237 e. The Hall–Kier alpha value is -1.07. The van der Waals surface area contributed by atoms with Crippen LogP contribution in [-0.2, 0) is 14.8 Å². The zero-order valence-electron chi connectivity index (χ0n) is 10.9. The van der Waals surface area contributed by atoms with Crippen LogP contribution in [0.4, 0.5) is 5.69 Å². The van der Waals surface area contributed by atoms with Gasteiger partial charge in [0.2, 0.25) is 10.0 Å². The van der Waals surface area contributed by atoms with E-state index in [1.807, 2.05) is 30.3 Å². The predicted molar refractivity (Wildman–Crippen MR) is 74.7 cm³/mol. The first-order valence-electron chi connectivity index (χ1n) is 6.87. The largest absolute Gasteiger partial charge is 0.375 e. The molecule has 2 atom stereocenters. The molecule has 1 aromatic carbocycles. The topological polar surface area (TPSA) is 46.6 Å². The zero-order valence-corrected chi connectivity index (χ0v) is 11.7. The molecule has 0 bridgehead atoms. The van der Waals surface area contributed by atoms with Crippen LogP contribution in [0.25, 0.3) is 0 Å². The minimum Gasteiger partial charge on any atom is -0.375 e.